The molecule has 2 rings (SSSR count). The molecule has 3 N–H and O–H groups in total. The highest BCUT2D eigenvalue weighted by molar-refractivity contribution is 5.40. The lowest BCUT2D eigenvalue weighted by Gasteiger charge is -2.16. The predicted octanol–water partition coefficient (Wildman–Crippen LogP) is 3.13. The van der Waals surface area contributed by atoms with Crippen molar-refractivity contribution in [3.63, 3.8) is 0 Å². The van der Waals surface area contributed by atoms with Gasteiger partial charge >= 0.3 is 0 Å². The fourth-order valence-corrected chi connectivity index (χ4v) is 2.08. The van der Waals surface area contributed by atoms with Crippen LogP contribution >= 0.6 is 0 Å². The second-order valence-electron chi connectivity index (χ2n) is 4.80. The molecule has 0 radical (unpaired) electrons. The van der Waals surface area contributed by atoms with Crippen LogP contribution in [0.4, 0.5) is 4.39 Å². The third-order valence-corrected chi connectivity index (χ3v) is 3.26. The third kappa shape index (κ3) is 3.71. The van der Waals surface area contributed by atoms with Crippen LogP contribution in [-0.4, -0.2) is 16.8 Å². The molecule has 1 unspecified atom stereocenters. The van der Waals surface area contributed by atoms with Crippen molar-refractivity contribution < 1.29 is 14.6 Å². The molecule has 0 saturated heterocycles. The average Bonchev–Trinajstić information content (AvgIpc) is 2.43. The number of halogens is 1. The fraction of sp³-hybridized carbons (Fsp3) is 0.250. The third-order valence-electron chi connectivity index (χ3n) is 3.26. The summed E-state index contributed by atoms with van der Waals surface area (Å²) in [7, 11) is 0. The quantitative estimate of drug-likeness (QED) is 0.735. The highest BCUT2D eigenvalue weighted by Gasteiger charge is 2.10. The molecule has 106 valence electrons. The number of phenols is 2. The van der Waals surface area contributed by atoms with Gasteiger partial charge in [-0.05, 0) is 55.8 Å². The van der Waals surface area contributed by atoms with Crippen LogP contribution in [-0.2, 0) is 6.42 Å². The Hall–Kier alpha value is -2.07. The first-order valence-corrected chi connectivity index (χ1v) is 6.56. The number of hydrogen-bond acceptors (Lipinski definition) is 3. The Bertz CT molecular complexity index is 569. The molecule has 0 aliphatic carbocycles. The van der Waals surface area contributed by atoms with Crippen LogP contribution < -0.4 is 5.32 Å². The molecule has 2 aromatic rings. The van der Waals surface area contributed by atoms with E-state index in [2.05, 4.69) is 5.32 Å². The van der Waals surface area contributed by atoms with Crippen molar-refractivity contribution in [2.24, 2.45) is 0 Å². The lowest BCUT2D eigenvalue weighted by molar-refractivity contribution is 0.441. The minimum Gasteiger partial charge on any atom is -0.508 e. The number of rotatable bonds is 5. The Morgan fingerprint density at radius 1 is 1.10 bits per heavy atom. The van der Waals surface area contributed by atoms with Gasteiger partial charge in [0.25, 0.3) is 0 Å². The van der Waals surface area contributed by atoms with Gasteiger partial charge in [0, 0.05) is 11.6 Å². The van der Waals surface area contributed by atoms with Gasteiger partial charge in [-0.2, -0.15) is 0 Å². The number of aromatic hydroxyl groups is 2. The van der Waals surface area contributed by atoms with Gasteiger partial charge in [-0.1, -0.05) is 12.1 Å². The summed E-state index contributed by atoms with van der Waals surface area (Å²) in [6.07, 6.45) is 0.768. The van der Waals surface area contributed by atoms with E-state index in [1.807, 2.05) is 6.92 Å². The zero-order valence-corrected chi connectivity index (χ0v) is 11.3. The van der Waals surface area contributed by atoms with Crippen LogP contribution in [0.3, 0.4) is 0 Å². The first-order valence-electron chi connectivity index (χ1n) is 6.56. The Balaban J connectivity index is 1.90. The average molecular weight is 275 g/mol. The Labute approximate surface area is 117 Å². The van der Waals surface area contributed by atoms with Gasteiger partial charge in [0.15, 0.2) is 0 Å². The molecule has 0 bridgehead atoms. The fourth-order valence-electron chi connectivity index (χ4n) is 2.08. The van der Waals surface area contributed by atoms with Crippen LogP contribution in [0.5, 0.6) is 11.5 Å². The summed E-state index contributed by atoms with van der Waals surface area (Å²) in [6.45, 7) is 2.61. The number of benzene rings is 2. The first kappa shape index (κ1) is 14.3. The van der Waals surface area contributed by atoms with Gasteiger partial charge < -0.3 is 15.5 Å². The van der Waals surface area contributed by atoms with Crippen molar-refractivity contribution in [3.8, 4) is 11.5 Å². The standard InChI is InChI=1S/C16H18FNO2/c1-11(15-10-14(19)6-7-16(15)20)18-9-8-12-2-4-13(17)5-3-12/h2-7,10-11,18-20H,8-9H2,1H3. The summed E-state index contributed by atoms with van der Waals surface area (Å²) >= 11 is 0. The monoisotopic (exact) mass is 275 g/mol. The maximum atomic E-state index is 12.8. The zero-order chi connectivity index (χ0) is 14.5. The second-order valence-corrected chi connectivity index (χ2v) is 4.80. The molecule has 0 aromatic heterocycles. The lowest BCUT2D eigenvalue weighted by Crippen LogP contribution is -2.21. The maximum Gasteiger partial charge on any atom is 0.123 e. The van der Waals surface area contributed by atoms with E-state index in [0.29, 0.717) is 12.1 Å². The molecule has 2 aromatic carbocycles. The molecule has 0 aliphatic heterocycles. The Kier molecular flexibility index (Phi) is 4.58. The van der Waals surface area contributed by atoms with E-state index in [0.717, 1.165) is 12.0 Å². The predicted molar refractivity (Wildman–Crippen MR) is 76.3 cm³/mol. The summed E-state index contributed by atoms with van der Waals surface area (Å²) in [5.41, 5.74) is 1.70. The molecule has 0 fully saturated rings. The maximum absolute atomic E-state index is 12.8. The molecule has 0 heterocycles. The molecule has 20 heavy (non-hydrogen) atoms. The zero-order valence-electron chi connectivity index (χ0n) is 11.3. The van der Waals surface area contributed by atoms with Gasteiger partial charge in [-0.15, -0.1) is 0 Å². The van der Waals surface area contributed by atoms with E-state index in [-0.39, 0.29) is 23.4 Å². The molecule has 0 aliphatic rings. The highest BCUT2D eigenvalue weighted by atomic mass is 19.1. The smallest absolute Gasteiger partial charge is 0.123 e. The first-order chi connectivity index (χ1) is 9.56. The Morgan fingerprint density at radius 2 is 1.80 bits per heavy atom. The van der Waals surface area contributed by atoms with Crippen LogP contribution in [0.15, 0.2) is 42.5 Å². The number of nitrogens with one attached hydrogen (secondary N) is 1. The van der Waals surface area contributed by atoms with E-state index in [9.17, 15) is 14.6 Å². The summed E-state index contributed by atoms with van der Waals surface area (Å²) in [4.78, 5) is 0. The largest absolute Gasteiger partial charge is 0.508 e. The van der Waals surface area contributed by atoms with Crippen LogP contribution in [0.25, 0.3) is 0 Å². The van der Waals surface area contributed by atoms with Gasteiger partial charge in [0.2, 0.25) is 0 Å². The topological polar surface area (TPSA) is 52.5 Å². The van der Waals surface area contributed by atoms with Crippen molar-refractivity contribution in [1.29, 1.82) is 0 Å². The molecule has 0 amide bonds. The number of hydrogen-bond donors (Lipinski definition) is 3. The van der Waals surface area contributed by atoms with Gasteiger partial charge in [-0.3, -0.25) is 0 Å². The van der Waals surface area contributed by atoms with Crippen molar-refractivity contribution >= 4 is 0 Å². The van der Waals surface area contributed by atoms with E-state index >= 15 is 0 Å². The van der Waals surface area contributed by atoms with Gasteiger partial charge in [-0.25, -0.2) is 4.39 Å². The lowest BCUT2D eigenvalue weighted by atomic mass is 10.1. The van der Waals surface area contributed by atoms with Crippen LogP contribution in [0.1, 0.15) is 24.1 Å². The molecule has 4 heteroatoms. The van der Waals surface area contributed by atoms with Gasteiger partial charge in [0.05, 0.1) is 0 Å². The van der Waals surface area contributed by atoms with Crippen LogP contribution in [0.2, 0.25) is 0 Å². The summed E-state index contributed by atoms with van der Waals surface area (Å²) < 4.78 is 12.8. The molecular formula is C16H18FNO2. The highest BCUT2D eigenvalue weighted by Crippen LogP contribution is 2.27. The molecule has 0 saturated carbocycles. The van der Waals surface area contributed by atoms with Crippen molar-refractivity contribution in [2.75, 3.05) is 6.54 Å². The van der Waals surface area contributed by atoms with Gasteiger partial charge in [0.1, 0.15) is 17.3 Å². The van der Waals surface area contributed by atoms with E-state index in [1.165, 1.54) is 24.3 Å². The molecule has 0 spiro atoms. The summed E-state index contributed by atoms with van der Waals surface area (Å²) in [5.74, 6) is 0.0503. The Morgan fingerprint density at radius 3 is 2.50 bits per heavy atom. The summed E-state index contributed by atoms with van der Waals surface area (Å²) in [5, 5.41) is 22.5. The SMILES string of the molecule is CC(NCCc1ccc(F)cc1)c1cc(O)ccc1O. The normalized spacial score (nSPS) is 12.3. The second kappa shape index (κ2) is 6.39. The molecule has 1 atom stereocenters. The van der Waals surface area contributed by atoms with E-state index < -0.39 is 0 Å². The molecule has 3 nitrogen and oxygen atoms in total. The van der Waals surface area contributed by atoms with Crippen LogP contribution in [0, 0.1) is 5.82 Å². The number of phenolic OH excluding ortho intramolecular Hbond substituents is 2. The van der Waals surface area contributed by atoms with Crippen molar-refractivity contribution in [3.05, 3.63) is 59.4 Å². The van der Waals surface area contributed by atoms with E-state index in [4.69, 9.17) is 0 Å². The van der Waals surface area contributed by atoms with Crippen molar-refractivity contribution in [1.82, 2.24) is 5.32 Å². The molecular weight excluding hydrogens is 257 g/mol. The van der Waals surface area contributed by atoms with Crippen molar-refractivity contribution in [2.45, 2.75) is 19.4 Å². The van der Waals surface area contributed by atoms with E-state index in [1.54, 1.807) is 18.2 Å². The summed E-state index contributed by atoms with van der Waals surface area (Å²) in [6, 6.07) is 10.8. The minimum atomic E-state index is -0.236. The minimum absolute atomic E-state index is 0.0810.